The molecule has 0 saturated heterocycles. The van der Waals surface area contributed by atoms with Gasteiger partial charge in [0, 0.05) is 9.30 Å². The van der Waals surface area contributed by atoms with Gasteiger partial charge in [0.2, 0.25) is 0 Å². The fourth-order valence-corrected chi connectivity index (χ4v) is 3.41. The summed E-state index contributed by atoms with van der Waals surface area (Å²) in [5.74, 6) is 0.564. The van der Waals surface area contributed by atoms with Crippen LogP contribution in [0.3, 0.4) is 0 Å². The van der Waals surface area contributed by atoms with Crippen molar-refractivity contribution in [2.45, 2.75) is 30.5 Å². The van der Waals surface area contributed by atoms with Crippen LogP contribution in [-0.4, -0.2) is 4.83 Å². The second-order valence-electron chi connectivity index (χ2n) is 4.22. The zero-order chi connectivity index (χ0) is 10.8. The highest BCUT2D eigenvalue weighted by molar-refractivity contribution is 9.10. The van der Waals surface area contributed by atoms with Gasteiger partial charge in [0.15, 0.2) is 0 Å². The molecule has 0 spiro atoms. The quantitative estimate of drug-likeness (QED) is 0.687. The lowest BCUT2D eigenvalue weighted by atomic mass is 9.98. The van der Waals surface area contributed by atoms with Crippen LogP contribution in [0.4, 0.5) is 4.39 Å². The highest BCUT2D eigenvalue weighted by Crippen LogP contribution is 2.33. The highest BCUT2D eigenvalue weighted by atomic mass is 79.9. The van der Waals surface area contributed by atoms with Gasteiger partial charge in [0.1, 0.15) is 5.82 Å². The smallest absolute Gasteiger partial charge is 0.126 e. The number of halogens is 3. The Hall–Kier alpha value is 0.110. The zero-order valence-electron chi connectivity index (χ0n) is 8.35. The van der Waals surface area contributed by atoms with Gasteiger partial charge in [-0.25, -0.2) is 4.39 Å². The lowest BCUT2D eigenvalue weighted by Gasteiger charge is -2.10. The summed E-state index contributed by atoms with van der Waals surface area (Å²) in [6, 6.07) is 5.19. The first-order chi connectivity index (χ1) is 7.15. The molecule has 15 heavy (non-hydrogen) atoms. The van der Waals surface area contributed by atoms with Gasteiger partial charge in [-0.15, -0.1) is 0 Å². The molecule has 0 nitrogen and oxygen atoms in total. The Balaban J connectivity index is 2.07. The molecule has 0 N–H and O–H groups in total. The fourth-order valence-electron chi connectivity index (χ4n) is 2.21. The molecule has 2 unspecified atom stereocenters. The molecule has 82 valence electrons. The number of alkyl halides is 1. The monoisotopic (exact) mass is 334 g/mol. The van der Waals surface area contributed by atoms with Gasteiger partial charge in [-0.2, -0.15) is 0 Å². The van der Waals surface area contributed by atoms with Crippen LogP contribution in [-0.2, 0) is 6.42 Å². The predicted octanol–water partition coefficient (Wildman–Crippen LogP) is 4.69. The molecule has 0 radical (unpaired) electrons. The average Bonchev–Trinajstić information content (AvgIpc) is 2.58. The van der Waals surface area contributed by atoms with Crippen LogP contribution >= 0.6 is 31.9 Å². The van der Waals surface area contributed by atoms with Gasteiger partial charge in [-0.1, -0.05) is 31.9 Å². The Bertz CT molecular complexity index is 351. The third-order valence-electron chi connectivity index (χ3n) is 2.99. The third kappa shape index (κ3) is 3.04. The maximum Gasteiger partial charge on any atom is 0.126 e. The minimum Gasteiger partial charge on any atom is -0.207 e. The molecule has 1 aromatic carbocycles. The van der Waals surface area contributed by atoms with Gasteiger partial charge in [0.05, 0.1) is 0 Å². The zero-order valence-corrected chi connectivity index (χ0v) is 11.5. The number of hydrogen-bond acceptors (Lipinski definition) is 0. The Morgan fingerprint density at radius 1 is 1.33 bits per heavy atom. The van der Waals surface area contributed by atoms with E-state index in [0.29, 0.717) is 10.7 Å². The van der Waals surface area contributed by atoms with E-state index in [1.54, 1.807) is 12.1 Å². The molecule has 0 amide bonds. The average molecular weight is 336 g/mol. The molecule has 1 fully saturated rings. The number of benzene rings is 1. The molecule has 1 aliphatic carbocycles. The van der Waals surface area contributed by atoms with Crippen LogP contribution in [0.25, 0.3) is 0 Å². The molecule has 1 saturated carbocycles. The van der Waals surface area contributed by atoms with E-state index in [9.17, 15) is 4.39 Å². The summed E-state index contributed by atoms with van der Waals surface area (Å²) in [4.78, 5) is 0.637. The first-order valence-corrected chi connectivity index (χ1v) is 6.94. The molecule has 3 heteroatoms. The van der Waals surface area contributed by atoms with Crippen molar-refractivity contribution in [3.63, 3.8) is 0 Å². The fraction of sp³-hybridized carbons (Fsp3) is 0.500. The van der Waals surface area contributed by atoms with E-state index in [0.717, 1.165) is 16.5 Å². The first-order valence-electron chi connectivity index (χ1n) is 5.23. The van der Waals surface area contributed by atoms with Crippen LogP contribution in [0.2, 0.25) is 0 Å². The second-order valence-corrected chi connectivity index (χ2v) is 6.43. The number of rotatable bonds is 2. The van der Waals surface area contributed by atoms with Crippen molar-refractivity contribution in [2.75, 3.05) is 0 Å². The summed E-state index contributed by atoms with van der Waals surface area (Å²) in [7, 11) is 0. The van der Waals surface area contributed by atoms with Gasteiger partial charge in [-0.05, 0) is 55.4 Å². The van der Waals surface area contributed by atoms with Gasteiger partial charge in [0.25, 0.3) is 0 Å². The van der Waals surface area contributed by atoms with Gasteiger partial charge >= 0.3 is 0 Å². The summed E-state index contributed by atoms with van der Waals surface area (Å²) in [6.45, 7) is 0. The molecular weight excluding hydrogens is 323 g/mol. The van der Waals surface area contributed by atoms with E-state index in [1.165, 1.54) is 19.3 Å². The topological polar surface area (TPSA) is 0 Å². The molecule has 0 bridgehead atoms. The van der Waals surface area contributed by atoms with Crippen molar-refractivity contribution in [1.82, 2.24) is 0 Å². The summed E-state index contributed by atoms with van der Waals surface area (Å²) < 4.78 is 14.5. The van der Waals surface area contributed by atoms with Gasteiger partial charge < -0.3 is 0 Å². The molecular formula is C12H13Br2F. The van der Waals surface area contributed by atoms with Crippen molar-refractivity contribution in [2.24, 2.45) is 5.92 Å². The number of hydrogen-bond donors (Lipinski definition) is 0. The lowest BCUT2D eigenvalue weighted by Crippen LogP contribution is -2.02. The molecule has 2 atom stereocenters. The maximum atomic E-state index is 13.5. The van der Waals surface area contributed by atoms with E-state index in [2.05, 4.69) is 31.9 Å². The summed E-state index contributed by atoms with van der Waals surface area (Å²) >= 11 is 7.00. The van der Waals surface area contributed by atoms with Crippen LogP contribution in [0.1, 0.15) is 24.8 Å². The van der Waals surface area contributed by atoms with Crippen LogP contribution in [0.15, 0.2) is 22.7 Å². The molecule has 1 aliphatic rings. The normalized spacial score (nSPS) is 25.8. The maximum absolute atomic E-state index is 13.5. The summed E-state index contributed by atoms with van der Waals surface area (Å²) in [6.07, 6.45) is 4.47. The van der Waals surface area contributed by atoms with Crippen molar-refractivity contribution < 1.29 is 4.39 Å². The second kappa shape index (κ2) is 4.96. The highest BCUT2D eigenvalue weighted by Gasteiger charge is 2.23. The van der Waals surface area contributed by atoms with Crippen LogP contribution in [0.5, 0.6) is 0 Å². The largest absolute Gasteiger partial charge is 0.207 e. The SMILES string of the molecule is Fc1ccc(Br)cc1CC1CCC(Br)C1. The Morgan fingerprint density at radius 3 is 2.80 bits per heavy atom. The Kier molecular flexibility index (Phi) is 3.83. The van der Waals surface area contributed by atoms with Crippen LogP contribution < -0.4 is 0 Å². The molecule has 2 rings (SSSR count). The van der Waals surface area contributed by atoms with E-state index in [-0.39, 0.29) is 5.82 Å². The molecule has 0 aromatic heterocycles. The Labute approximate surface area is 107 Å². The summed E-state index contributed by atoms with van der Waals surface area (Å²) in [5, 5.41) is 0. The molecule has 1 aromatic rings. The minimum absolute atomic E-state index is 0.0729. The standard InChI is InChI=1S/C12H13Br2F/c13-10-2-1-8(6-10)5-9-7-11(14)3-4-12(9)15/h3-4,7-8,10H,1-2,5-6H2. The molecule has 0 heterocycles. The summed E-state index contributed by atoms with van der Waals surface area (Å²) in [5.41, 5.74) is 0.843. The Morgan fingerprint density at radius 2 is 2.13 bits per heavy atom. The van der Waals surface area contributed by atoms with E-state index in [1.807, 2.05) is 6.07 Å². The van der Waals surface area contributed by atoms with E-state index >= 15 is 0 Å². The lowest BCUT2D eigenvalue weighted by molar-refractivity contribution is 0.522. The van der Waals surface area contributed by atoms with E-state index in [4.69, 9.17) is 0 Å². The van der Waals surface area contributed by atoms with Crippen LogP contribution in [0, 0.1) is 11.7 Å². The van der Waals surface area contributed by atoms with Crippen molar-refractivity contribution in [3.05, 3.63) is 34.1 Å². The van der Waals surface area contributed by atoms with Crippen molar-refractivity contribution in [3.8, 4) is 0 Å². The third-order valence-corrected chi connectivity index (χ3v) is 4.32. The van der Waals surface area contributed by atoms with Crippen molar-refractivity contribution in [1.29, 1.82) is 0 Å². The van der Waals surface area contributed by atoms with Crippen molar-refractivity contribution >= 4 is 31.9 Å². The van der Waals surface area contributed by atoms with E-state index < -0.39 is 0 Å². The predicted molar refractivity (Wildman–Crippen MR) is 67.9 cm³/mol. The minimum atomic E-state index is -0.0729. The van der Waals surface area contributed by atoms with Gasteiger partial charge in [-0.3, -0.25) is 0 Å². The first kappa shape index (κ1) is 11.6. The molecule has 0 aliphatic heterocycles.